The Morgan fingerprint density at radius 2 is 2.09 bits per heavy atom. The van der Waals surface area contributed by atoms with E-state index in [1.807, 2.05) is 6.92 Å². The first-order valence-electron chi connectivity index (χ1n) is 10.3. The van der Waals surface area contributed by atoms with Gasteiger partial charge in [0.1, 0.15) is 10.8 Å². The molecule has 14 heteroatoms. The molecule has 1 amide bonds. The van der Waals surface area contributed by atoms with E-state index in [1.54, 1.807) is 42.3 Å². The predicted molar refractivity (Wildman–Crippen MR) is 126 cm³/mol. The van der Waals surface area contributed by atoms with E-state index in [1.165, 1.54) is 4.31 Å². The lowest BCUT2D eigenvalue weighted by molar-refractivity contribution is -0.763. The van der Waals surface area contributed by atoms with Crippen LogP contribution in [0.4, 0.5) is 0 Å². The molecule has 0 spiro atoms. The van der Waals surface area contributed by atoms with Crippen LogP contribution in [0.1, 0.15) is 40.9 Å². The number of carbonyl (C=O) groups is 1. The molecular formula is C20H25N3O8S3. The maximum Gasteiger partial charge on any atom is 0.294 e. The van der Waals surface area contributed by atoms with Gasteiger partial charge in [0.15, 0.2) is 0 Å². The third kappa shape index (κ3) is 5.70. The van der Waals surface area contributed by atoms with Gasteiger partial charge in [-0.1, -0.05) is 12.1 Å². The summed E-state index contributed by atoms with van der Waals surface area (Å²) in [5.74, 6) is -0.305. The van der Waals surface area contributed by atoms with Crippen LogP contribution in [0.15, 0.2) is 38.8 Å². The molecule has 1 aromatic heterocycles. The normalized spacial score (nSPS) is 17.2. The summed E-state index contributed by atoms with van der Waals surface area (Å²) >= 11 is 1.45. The zero-order chi connectivity index (χ0) is 24.9. The van der Waals surface area contributed by atoms with Crippen molar-refractivity contribution in [3.05, 3.63) is 57.1 Å². The Bertz CT molecular complexity index is 1120. The van der Waals surface area contributed by atoms with Crippen LogP contribution in [0.5, 0.6) is 0 Å². The van der Waals surface area contributed by atoms with Crippen molar-refractivity contribution in [2.45, 2.75) is 34.4 Å². The highest BCUT2D eigenvalue weighted by molar-refractivity contribution is 7.96. The van der Waals surface area contributed by atoms with Gasteiger partial charge < -0.3 is 19.0 Å². The number of fused-ring (bicyclic) bond motifs is 1. The molecule has 1 aliphatic heterocycles. The number of methoxy groups -OCH3 is 1. The minimum atomic E-state index is -3.77. The van der Waals surface area contributed by atoms with E-state index in [4.69, 9.17) is 4.74 Å². The van der Waals surface area contributed by atoms with Gasteiger partial charge in [0.2, 0.25) is 0 Å². The summed E-state index contributed by atoms with van der Waals surface area (Å²) in [6.45, 7) is 2.62. The number of hydrogen-bond donors (Lipinski definition) is 1. The van der Waals surface area contributed by atoms with E-state index in [9.17, 15) is 27.9 Å². The molecule has 11 nitrogen and oxygen atoms in total. The Labute approximate surface area is 205 Å². The smallest absolute Gasteiger partial charge is 0.294 e. The second-order valence-electron chi connectivity index (χ2n) is 7.41. The third-order valence-electron chi connectivity index (χ3n) is 5.37. The summed E-state index contributed by atoms with van der Waals surface area (Å²) in [4.78, 5) is 29.7. The molecule has 1 N–H and O–H groups in total. The van der Waals surface area contributed by atoms with Crippen LogP contribution in [-0.2, 0) is 26.2 Å². The molecule has 1 aromatic carbocycles. The van der Waals surface area contributed by atoms with Crippen LogP contribution in [-0.4, -0.2) is 66.5 Å². The molecule has 0 radical (unpaired) electrons. The summed E-state index contributed by atoms with van der Waals surface area (Å²) in [5.41, 5.74) is 1.38. The van der Waals surface area contributed by atoms with Gasteiger partial charge in [0.25, 0.3) is 21.0 Å². The Morgan fingerprint density at radius 3 is 2.68 bits per heavy atom. The highest BCUT2D eigenvalue weighted by Crippen LogP contribution is 2.43. The van der Waals surface area contributed by atoms with Gasteiger partial charge in [0, 0.05) is 56.5 Å². The van der Waals surface area contributed by atoms with Crippen molar-refractivity contribution in [2.24, 2.45) is 0 Å². The monoisotopic (exact) mass is 531 g/mol. The lowest BCUT2D eigenvalue weighted by Crippen LogP contribution is -2.47. The van der Waals surface area contributed by atoms with Crippen LogP contribution in [0, 0.1) is 10.1 Å². The van der Waals surface area contributed by atoms with Crippen molar-refractivity contribution in [1.29, 1.82) is 0 Å². The van der Waals surface area contributed by atoms with E-state index in [2.05, 4.69) is 4.84 Å². The minimum Gasteiger partial charge on any atom is -0.385 e. The van der Waals surface area contributed by atoms with E-state index >= 15 is 0 Å². The van der Waals surface area contributed by atoms with E-state index in [-0.39, 0.29) is 29.8 Å². The molecule has 0 saturated heterocycles. The lowest BCUT2D eigenvalue weighted by atomic mass is 10.1. The highest BCUT2D eigenvalue weighted by atomic mass is 32.3. The number of nitrogens with zero attached hydrogens (tertiary/aromatic N) is 3. The van der Waals surface area contributed by atoms with E-state index < -0.39 is 21.2 Å². The number of rotatable bonds is 11. The number of ether oxygens (including phenoxy) is 1. The maximum atomic E-state index is 13.4. The number of thiophene rings is 1. The third-order valence-corrected chi connectivity index (χ3v) is 9.48. The zero-order valence-electron chi connectivity index (χ0n) is 18.6. The lowest BCUT2D eigenvalue weighted by Gasteiger charge is -2.38. The SMILES string of the molecule is CCN(C(=O)c1ccc(CO[N+](=O)[O-])cc1)C1CN(CCCOC)S(=O)(=O)c2sc(SO)cc21. The Morgan fingerprint density at radius 1 is 1.38 bits per heavy atom. The van der Waals surface area contributed by atoms with Gasteiger partial charge in [-0.2, -0.15) is 4.31 Å². The molecule has 0 bridgehead atoms. The van der Waals surface area contributed by atoms with Crippen LogP contribution in [0.3, 0.4) is 0 Å². The highest BCUT2D eigenvalue weighted by Gasteiger charge is 2.42. The van der Waals surface area contributed by atoms with Gasteiger partial charge in [-0.15, -0.1) is 21.5 Å². The van der Waals surface area contributed by atoms with E-state index in [0.717, 1.165) is 11.3 Å². The molecule has 1 atom stereocenters. The first kappa shape index (κ1) is 26.4. The van der Waals surface area contributed by atoms with Crippen molar-refractivity contribution in [1.82, 2.24) is 9.21 Å². The van der Waals surface area contributed by atoms with Crippen molar-refractivity contribution in [3.63, 3.8) is 0 Å². The fraction of sp³-hybridized carbons (Fsp3) is 0.450. The van der Waals surface area contributed by atoms with Crippen molar-refractivity contribution >= 4 is 39.3 Å². The molecule has 0 aliphatic carbocycles. The second kappa shape index (κ2) is 11.5. The first-order chi connectivity index (χ1) is 16.2. The zero-order valence-corrected chi connectivity index (χ0v) is 21.0. The Kier molecular flexibility index (Phi) is 8.89. The minimum absolute atomic E-state index is 0.0830. The fourth-order valence-electron chi connectivity index (χ4n) is 3.76. The second-order valence-corrected chi connectivity index (χ2v) is 11.5. The fourth-order valence-corrected chi connectivity index (χ4v) is 7.62. The van der Waals surface area contributed by atoms with Crippen LogP contribution in [0.2, 0.25) is 0 Å². The summed E-state index contributed by atoms with van der Waals surface area (Å²) in [5, 5.41) is 9.50. The quantitative estimate of drug-likeness (QED) is 0.200. The summed E-state index contributed by atoms with van der Waals surface area (Å²) in [6, 6.07) is 7.33. The molecule has 2 aromatic rings. The molecule has 1 unspecified atom stereocenters. The largest absolute Gasteiger partial charge is 0.385 e. The number of amides is 1. The molecule has 0 fully saturated rings. The van der Waals surface area contributed by atoms with Crippen molar-refractivity contribution < 1.29 is 32.4 Å². The van der Waals surface area contributed by atoms with E-state index in [0.29, 0.717) is 52.5 Å². The number of benzene rings is 1. The standard InChI is InChI=1S/C20H25N3O8S3/c1-3-22(19(24)15-7-5-14(6-8-15)13-31-23(25)26)17-12-21(9-4-10-30-2)34(28,29)20-16(17)11-18(32-20)33-27/h5-8,11,17,27H,3-4,9-10,12-13H2,1-2H3. The molecule has 3 rings (SSSR count). The van der Waals surface area contributed by atoms with Crippen LogP contribution < -0.4 is 0 Å². The molecular weight excluding hydrogens is 506 g/mol. The average Bonchev–Trinajstić information content (AvgIpc) is 3.27. The average molecular weight is 532 g/mol. The van der Waals surface area contributed by atoms with Gasteiger partial charge >= 0.3 is 0 Å². The number of sulfonamides is 1. The summed E-state index contributed by atoms with van der Waals surface area (Å²) < 4.78 is 42.9. The van der Waals surface area contributed by atoms with Gasteiger partial charge in [0.05, 0.1) is 10.3 Å². The molecule has 0 saturated carbocycles. The van der Waals surface area contributed by atoms with Crippen LogP contribution >= 0.6 is 23.4 Å². The van der Waals surface area contributed by atoms with Crippen molar-refractivity contribution in [3.8, 4) is 0 Å². The van der Waals surface area contributed by atoms with Crippen LogP contribution in [0.25, 0.3) is 0 Å². The molecule has 34 heavy (non-hydrogen) atoms. The predicted octanol–water partition coefficient (Wildman–Crippen LogP) is 3.27. The molecule has 1 aliphatic rings. The summed E-state index contributed by atoms with van der Waals surface area (Å²) in [6.07, 6.45) is 0.499. The number of carbonyl (C=O) groups excluding carboxylic acids is 1. The Balaban J connectivity index is 1.92. The molecule has 2 heterocycles. The van der Waals surface area contributed by atoms with Crippen molar-refractivity contribution in [2.75, 3.05) is 33.4 Å². The first-order valence-corrected chi connectivity index (χ1v) is 13.4. The molecule has 186 valence electrons. The van der Waals surface area contributed by atoms with Gasteiger partial charge in [-0.25, -0.2) is 8.42 Å². The topological polar surface area (TPSA) is 140 Å². The Hall–Kier alpha value is -2.23. The summed E-state index contributed by atoms with van der Waals surface area (Å²) in [7, 11) is -2.23. The number of likely N-dealkylation sites (N-methyl/N-ethyl adjacent to an activating group) is 1. The number of hydrogen-bond acceptors (Lipinski definition) is 10. The maximum absolute atomic E-state index is 13.4. The van der Waals surface area contributed by atoms with Gasteiger partial charge in [-0.3, -0.25) is 4.79 Å². The van der Waals surface area contributed by atoms with Gasteiger partial charge in [-0.05, 0) is 37.1 Å².